The summed E-state index contributed by atoms with van der Waals surface area (Å²) in [6.45, 7) is 1.48. The second kappa shape index (κ2) is 5.09. The van der Waals surface area contributed by atoms with Gasteiger partial charge < -0.3 is 0 Å². The van der Waals surface area contributed by atoms with Gasteiger partial charge in [-0.2, -0.15) is 13.2 Å². The standard InChI is InChI=1S/C8H8ClF3N2OS/c1-5-13-6(9)4-7(15)14(5)2-3-16-8(10,11)12/h4H,2-3H2,1H3. The average molecular weight is 273 g/mol. The van der Waals surface area contributed by atoms with E-state index in [0.29, 0.717) is 5.82 Å². The minimum Gasteiger partial charge on any atom is -0.296 e. The number of aromatic nitrogens is 2. The zero-order valence-electron chi connectivity index (χ0n) is 8.21. The first-order valence-electron chi connectivity index (χ1n) is 4.24. The predicted molar refractivity (Wildman–Crippen MR) is 56.8 cm³/mol. The second-order valence-corrected chi connectivity index (χ2v) is 4.46. The van der Waals surface area contributed by atoms with E-state index in [1.165, 1.54) is 6.92 Å². The fraction of sp³-hybridized carbons (Fsp3) is 0.500. The number of rotatable bonds is 3. The summed E-state index contributed by atoms with van der Waals surface area (Å²) in [7, 11) is 0. The third-order valence-corrected chi connectivity index (χ3v) is 2.66. The number of thioether (sulfide) groups is 1. The van der Waals surface area contributed by atoms with E-state index >= 15 is 0 Å². The maximum atomic E-state index is 11.9. The number of nitrogens with zero attached hydrogens (tertiary/aromatic N) is 2. The Balaban J connectivity index is 2.72. The van der Waals surface area contributed by atoms with Crippen LogP contribution in [-0.2, 0) is 6.54 Å². The number of hydrogen-bond acceptors (Lipinski definition) is 3. The molecule has 0 N–H and O–H groups in total. The van der Waals surface area contributed by atoms with Gasteiger partial charge in [0.25, 0.3) is 5.56 Å². The highest BCUT2D eigenvalue weighted by Crippen LogP contribution is 2.29. The van der Waals surface area contributed by atoms with Crippen LogP contribution in [0.15, 0.2) is 10.9 Å². The van der Waals surface area contributed by atoms with Gasteiger partial charge in [0.1, 0.15) is 11.0 Å². The van der Waals surface area contributed by atoms with Gasteiger partial charge in [-0.05, 0) is 18.7 Å². The summed E-state index contributed by atoms with van der Waals surface area (Å²) in [6.07, 6.45) is 0. The van der Waals surface area contributed by atoms with Gasteiger partial charge in [-0.25, -0.2) is 4.98 Å². The lowest BCUT2D eigenvalue weighted by Gasteiger charge is -2.09. The molecule has 0 radical (unpaired) electrons. The van der Waals surface area contributed by atoms with Gasteiger partial charge in [0.15, 0.2) is 0 Å². The van der Waals surface area contributed by atoms with E-state index < -0.39 is 11.1 Å². The quantitative estimate of drug-likeness (QED) is 0.793. The fourth-order valence-electron chi connectivity index (χ4n) is 1.11. The number of hydrogen-bond donors (Lipinski definition) is 0. The molecular weight excluding hydrogens is 265 g/mol. The first kappa shape index (κ1) is 13.4. The molecule has 0 fully saturated rings. The van der Waals surface area contributed by atoms with Crippen molar-refractivity contribution < 1.29 is 13.2 Å². The van der Waals surface area contributed by atoms with Crippen molar-refractivity contribution >= 4 is 23.4 Å². The van der Waals surface area contributed by atoms with Crippen LogP contribution in [0.1, 0.15) is 5.82 Å². The molecule has 0 bridgehead atoms. The van der Waals surface area contributed by atoms with Gasteiger partial charge in [-0.1, -0.05) is 11.6 Å². The molecule has 0 amide bonds. The molecule has 0 saturated carbocycles. The SMILES string of the molecule is Cc1nc(Cl)cc(=O)n1CCSC(F)(F)F. The largest absolute Gasteiger partial charge is 0.441 e. The summed E-state index contributed by atoms with van der Waals surface area (Å²) in [6, 6.07) is 1.08. The maximum Gasteiger partial charge on any atom is 0.441 e. The van der Waals surface area contributed by atoms with Crippen molar-refractivity contribution in [3.63, 3.8) is 0 Å². The van der Waals surface area contributed by atoms with Gasteiger partial charge in [0.2, 0.25) is 0 Å². The molecule has 0 saturated heterocycles. The molecule has 0 aliphatic rings. The van der Waals surface area contributed by atoms with Crippen LogP contribution < -0.4 is 5.56 Å². The van der Waals surface area contributed by atoms with Crippen LogP contribution in [-0.4, -0.2) is 20.8 Å². The van der Waals surface area contributed by atoms with E-state index in [1.54, 1.807) is 0 Å². The molecule has 3 nitrogen and oxygen atoms in total. The van der Waals surface area contributed by atoms with Crippen molar-refractivity contribution in [3.8, 4) is 0 Å². The summed E-state index contributed by atoms with van der Waals surface area (Å²) in [5.41, 5.74) is -4.72. The average Bonchev–Trinajstić information content (AvgIpc) is 2.07. The Labute approximate surface area is 98.6 Å². The molecule has 0 spiro atoms. The van der Waals surface area contributed by atoms with Crippen molar-refractivity contribution in [2.45, 2.75) is 19.0 Å². The normalized spacial score (nSPS) is 11.8. The Morgan fingerprint density at radius 1 is 1.56 bits per heavy atom. The third-order valence-electron chi connectivity index (χ3n) is 1.75. The van der Waals surface area contributed by atoms with Crippen molar-refractivity contribution in [3.05, 3.63) is 27.4 Å². The summed E-state index contributed by atoms with van der Waals surface area (Å²) in [5, 5.41) is 0.0437. The highest BCUT2D eigenvalue weighted by Gasteiger charge is 2.27. The minimum absolute atomic E-state index is 0.0426. The number of aryl methyl sites for hydroxylation is 1. The Hall–Kier alpha value is -0.690. The highest BCUT2D eigenvalue weighted by molar-refractivity contribution is 8.00. The minimum atomic E-state index is -4.28. The summed E-state index contributed by atoms with van der Waals surface area (Å²) < 4.78 is 36.7. The molecule has 8 heteroatoms. The molecule has 1 aromatic heterocycles. The van der Waals surface area contributed by atoms with E-state index in [-0.39, 0.29) is 29.2 Å². The molecule has 0 aromatic carbocycles. The Bertz CT molecular complexity index is 432. The van der Waals surface area contributed by atoms with Crippen molar-refractivity contribution in [1.82, 2.24) is 9.55 Å². The molecule has 90 valence electrons. The topological polar surface area (TPSA) is 34.9 Å². The van der Waals surface area contributed by atoms with Gasteiger partial charge in [-0.15, -0.1) is 0 Å². The van der Waals surface area contributed by atoms with Crippen LogP contribution in [0.3, 0.4) is 0 Å². The lowest BCUT2D eigenvalue weighted by Crippen LogP contribution is -2.24. The highest BCUT2D eigenvalue weighted by atomic mass is 35.5. The number of halogens is 4. The van der Waals surface area contributed by atoms with E-state index in [9.17, 15) is 18.0 Å². The zero-order chi connectivity index (χ0) is 12.3. The van der Waals surface area contributed by atoms with Crippen LogP contribution in [0, 0.1) is 6.92 Å². The van der Waals surface area contributed by atoms with Crippen molar-refractivity contribution in [2.75, 3.05) is 5.75 Å². The van der Waals surface area contributed by atoms with Gasteiger partial charge in [0, 0.05) is 18.4 Å². The first-order valence-corrected chi connectivity index (χ1v) is 5.60. The molecule has 0 aliphatic heterocycles. The first-order chi connectivity index (χ1) is 7.29. The molecule has 1 aromatic rings. The smallest absolute Gasteiger partial charge is 0.296 e. The Morgan fingerprint density at radius 2 is 2.19 bits per heavy atom. The van der Waals surface area contributed by atoms with Crippen LogP contribution >= 0.6 is 23.4 Å². The second-order valence-electron chi connectivity index (χ2n) is 2.91. The summed E-state index contributed by atoms with van der Waals surface area (Å²) in [4.78, 5) is 15.2. The molecule has 0 aliphatic carbocycles. The predicted octanol–water partition coefficient (Wildman–Crippen LogP) is 2.46. The summed E-state index contributed by atoms with van der Waals surface area (Å²) >= 11 is 5.35. The Morgan fingerprint density at radius 3 is 2.69 bits per heavy atom. The van der Waals surface area contributed by atoms with E-state index in [4.69, 9.17) is 11.6 Å². The molecule has 1 rings (SSSR count). The fourth-order valence-corrected chi connectivity index (χ4v) is 1.83. The van der Waals surface area contributed by atoms with Gasteiger partial charge >= 0.3 is 5.51 Å². The monoisotopic (exact) mass is 272 g/mol. The number of alkyl halides is 3. The van der Waals surface area contributed by atoms with Crippen molar-refractivity contribution in [2.24, 2.45) is 0 Å². The molecule has 0 atom stereocenters. The summed E-state index contributed by atoms with van der Waals surface area (Å²) in [5.74, 6) is 0.0772. The van der Waals surface area contributed by atoms with Gasteiger partial charge in [-0.3, -0.25) is 9.36 Å². The van der Waals surface area contributed by atoms with E-state index in [1.807, 2.05) is 0 Å². The third kappa shape index (κ3) is 4.05. The molecule has 16 heavy (non-hydrogen) atoms. The van der Waals surface area contributed by atoms with E-state index in [0.717, 1.165) is 10.6 Å². The Kier molecular flexibility index (Phi) is 4.26. The lowest BCUT2D eigenvalue weighted by molar-refractivity contribution is -0.0328. The maximum absolute atomic E-state index is 11.9. The molecule has 0 unspecified atom stereocenters. The lowest BCUT2D eigenvalue weighted by atomic mass is 10.5. The van der Waals surface area contributed by atoms with E-state index in [2.05, 4.69) is 4.98 Å². The zero-order valence-corrected chi connectivity index (χ0v) is 9.79. The van der Waals surface area contributed by atoms with Crippen molar-refractivity contribution in [1.29, 1.82) is 0 Å². The van der Waals surface area contributed by atoms with Crippen LogP contribution in [0.4, 0.5) is 13.2 Å². The van der Waals surface area contributed by atoms with Crippen LogP contribution in [0.5, 0.6) is 0 Å². The van der Waals surface area contributed by atoms with Crippen LogP contribution in [0.25, 0.3) is 0 Å². The van der Waals surface area contributed by atoms with Gasteiger partial charge in [0.05, 0.1) is 0 Å². The molecular formula is C8H8ClF3N2OS. The van der Waals surface area contributed by atoms with Crippen LogP contribution in [0.2, 0.25) is 5.15 Å². The molecule has 1 heterocycles.